The average molecular weight is 511 g/mol. The van der Waals surface area contributed by atoms with Crippen LogP contribution < -0.4 is 5.32 Å². The molecule has 6 rings (SSSR count). The first kappa shape index (κ1) is 23.1. The van der Waals surface area contributed by atoms with Crippen molar-refractivity contribution in [1.82, 2.24) is 25.1 Å². The third-order valence-electron chi connectivity index (χ3n) is 6.29. The zero-order valence-electron chi connectivity index (χ0n) is 20.0. The van der Waals surface area contributed by atoms with Gasteiger partial charge in [-0.3, -0.25) is 19.9 Å². The number of H-pyrrole nitrogens is 2. The van der Waals surface area contributed by atoms with Gasteiger partial charge in [0.2, 0.25) is 5.91 Å². The molecule has 0 atom stereocenters. The van der Waals surface area contributed by atoms with Gasteiger partial charge in [-0.25, -0.2) is 0 Å². The van der Waals surface area contributed by atoms with E-state index in [0.717, 1.165) is 79.1 Å². The Balaban J connectivity index is 1.37. The summed E-state index contributed by atoms with van der Waals surface area (Å²) in [5, 5.41) is 12.2. The first-order valence-electron chi connectivity index (χ1n) is 12.1. The largest absolute Gasteiger partial charge is 0.353 e. The summed E-state index contributed by atoms with van der Waals surface area (Å²) in [6.07, 6.45) is 7.48. The minimum Gasteiger partial charge on any atom is -0.353 e. The molecule has 3 N–H and O–H groups in total. The highest BCUT2D eigenvalue weighted by Gasteiger charge is 2.16. The van der Waals surface area contributed by atoms with E-state index < -0.39 is 0 Å². The van der Waals surface area contributed by atoms with Crippen molar-refractivity contribution in [3.63, 3.8) is 0 Å². The molecule has 1 amide bonds. The zero-order chi connectivity index (χ0) is 25.4. The van der Waals surface area contributed by atoms with E-state index in [1.807, 2.05) is 30.3 Å². The van der Waals surface area contributed by atoms with Gasteiger partial charge in [0.25, 0.3) is 0 Å². The standard InChI is InChI=1S/C28H23FN6OS/c1-2-3-4-26(36)32-18-11-17(14-30-15-18)16-5-6-22-19(12-16)27(35-34-22)23-13-20-21(33-23)9-10-31-28(20)24-7-8-25(29)37-24/h5-15,33H,2-4H2,1H3,(H,32,36)(H,34,35). The van der Waals surface area contributed by atoms with E-state index in [1.54, 1.807) is 24.7 Å². The number of nitrogens with one attached hydrogen (secondary N) is 3. The molecule has 0 bridgehead atoms. The van der Waals surface area contributed by atoms with Crippen molar-refractivity contribution in [3.05, 3.63) is 72.3 Å². The molecule has 0 aliphatic rings. The number of halogens is 1. The second kappa shape index (κ2) is 9.59. The Kier molecular flexibility index (Phi) is 5.97. The summed E-state index contributed by atoms with van der Waals surface area (Å²) < 4.78 is 13.7. The van der Waals surface area contributed by atoms with Crippen LogP contribution in [0.2, 0.25) is 0 Å². The quantitative estimate of drug-likeness (QED) is 0.212. The van der Waals surface area contributed by atoms with E-state index in [4.69, 9.17) is 0 Å². The fourth-order valence-corrected chi connectivity index (χ4v) is 5.19. The highest BCUT2D eigenvalue weighted by molar-refractivity contribution is 7.13. The highest BCUT2D eigenvalue weighted by atomic mass is 32.1. The van der Waals surface area contributed by atoms with Crippen LogP contribution in [0.4, 0.5) is 10.1 Å². The minimum atomic E-state index is -0.241. The first-order valence-corrected chi connectivity index (χ1v) is 12.9. The number of nitrogens with zero attached hydrogens (tertiary/aromatic N) is 3. The molecule has 0 aliphatic heterocycles. The van der Waals surface area contributed by atoms with Crippen molar-refractivity contribution in [3.8, 4) is 33.1 Å². The number of hydrogen-bond acceptors (Lipinski definition) is 5. The Hall–Kier alpha value is -4.37. The molecule has 6 aromatic rings. The summed E-state index contributed by atoms with van der Waals surface area (Å²) in [7, 11) is 0. The molecule has 5 aromatic heterocycles. The summed E-state index contributed by atoms with van der Waals surface area (Å²) in [6.45, 7) is 2.06. The second-order valence-electron chi connectivity index (χ2n) is 8.85. The number of carbonyl (C=O) groups is 1. The lowest BCUT2D eigenvalue weighted by Crippen LogP contribution is -2.11. The second-order valence-corrected chi connectivity index (χ2v) is 9.89. The smallest absolute Gasteiger partial charge is 0.224 e. The number of aromatic amines is 2. The van der Waals surface area contributed by atoms with Crippen LogP contribution in [0.15, 0.2) is 67.1 Å². The van der Waals surface area contributed by atoms with Crippen LogP contribution in [-0.2, 0) is 4.79 Å². The van der Waals surface area contributed by atoms with Crippen LogP contribution in [0.5, 0.6) is 0 Å². The lowest BCUT2D eigenvalue weighted by molar-refractivity contribution is -0.116. The summed E-state index contributed by atoms with van der Waals surface area (Å²) in [6, 6.07) is 15.1. The number of unbranched alkanes of at least 4 members (excludes halogenated alkanes) is 1. The van der Waals surface area contributed by atoms with E-state index in [1.165, 1.54) is 6.07 Å². The molecule has 0 saturated heterocycles. The lowest BCUT2D eigenvalue weighted by Gasteiger charge is -2.07. The van der Waals surface area contributed by atoms with Crippen LogP contribution in [0.3, 0.4) is 0 Å². The van der Waals surface area contributed by atoms with Crippen molar-refractivity contribution in [2.24, 2.45) is 0 Å². The van der Waals surface area contributed by atoms with Crippen LogP contribution in [0.25, 0.3) is 54.9 Å². The number of rotatable bonds is 7. The maximum absolute atomic E-state index is 13.7. The molecular formula is C28H23FN6OS. The summed E-state index contributed by atoms with van der Waals surface area (Å²) in [5.74, 6) is -0.00803. The topological polar surface area (TPSA) is 99.3 Å². The van der Waals surface area contributed by atoms with Crippen molar-refractivity contribution in [2.75, 3.05) is 5.32 Å². The molecule has 0 aliphatic carbocycles. The predicted octanol–water partition coefficient (Wildman–Crippen LogP) is 7.16. The Labute approximate surface area is 215 Å². The van der Waals surface area contributed by atoms with Gasteiger partial charge in [-0.05, 0) is 54.4 Å². The average Bonchev–Trinajstić information content (AvgIpc) is 3.64. The van der Waals surface area contributed by atoms with E-state index in [9.17, 15) is 9.18 Å². The first-order chi connectivity index (χ1) is 18.1. The number of amides is 1. The number of carbonyl (C=O) groups excluding carboxylic acids is 1. The van der Waals surface area contributed by atoms with Gasteiger partial charge in [0.15, 0.2) is 5.13 Å². The number of fused-ring (bicyclic) bond motifs is 2. The van der Waals surface area contributed by atoms with E-state index in [2.05, 4.69) is 43.5 Å². The van der Waals surface area contributed by atoms with Crippen LogP contribution >= 0.6 is 11.3 Å². The van der Waals surface area contributed by atoms with Gasteiger partial charge in [-0.2, -0.15) is 9.49 Å². The maximum atomic E-state index is 13.7. The summed E-state index contributed by atoms with van der Waals surface area (Å²) in [5.41, 5.74) is 6.66. The summed E-state index contributed by atoms with van der Waals surface area (Å²) in [4.78, 5) is 25.2. The molecule has 7 nitrogen and oxygen atoms in total. The molecule has 9 heteroatoms. The molecule has 0 fully saturated rings. The molecule has 184 valence electrons. The molecule has 0 radical (unpaired) electrons. The molecule has 0 saturated carbocycles. The minimum absolute atomic E-state index is 0.00803. The fourth-order valence-electron chi connectivity index (χ4n) is 4.45. The van der Waals surface area contributed by atoms with Gasteiger partial charge < -0.3 is 10.3 Å². The van der Waals surface area contributed by atoms with Gasteiger partial charge >= 0.3 is 0 Å². The van der Waals surface area contributed by atoms with Crippen molar-refractivity contribution in [2.45, 2.75) is 26.2 Å². The van der Waals surface area contributed by atoms with Gasteiger partial charge in [0.05, 0.1) is 33.7 Å². The Morgan fingerprint density at radius 2 is 1.89 bits per heavy atom. The predicted molar refractivity (Wildman–Crippen MR) is 146 cm³/mol. The molecule has 0 unspecified atom stereocenters. The van der Waals surface area contributed by atoms with Crippen LogP contribution in [-0.4, -0.2) is 31.1 Å². The molecule has 1 aromatic carbocycles. The number of aromatic nitrogens is 5. The number of anilines is 1. The van der Waals surface area contributed by atoms with Gasteiger partial charge in [-0.15, -0.1) is 11.3 Å². The fraction of sp³-hybridized carbons (Fsp3) is 0.143. The number of benzene rings is 1. The van der Waals surface area contributed by atoms with Gasteiger partial charge in [-0.1, -0.05) is 19.4 Å². The third kappa shape index (κ3) is 4.49. The van der Waals surface area contributed by atoms with E-state index in [-0.39, 0.29) is 11.0 Å². The van der Waals surface area contributed by atoms with Gasteiger partial charge in [0.1, 0.15) is 5.69 Å². The molecule has 0 spiro atoms. The van der Waals surface area contributed by atoms with Crippen LogP contribution in [0.1, 0.15) is 26.2 Å². The van der Waals surface area contributed by atoms with Crippen molar-refractivity contribution in [1.29, 1.82) is 0 Å². The van der Waals surface area contributed by atoms with Gasteiger partial charge in [0, 0.05) is 40.7 Å². The third-order valence-corrected chi connectivity index (χ3v) is 7.17. The number of pyridine rings is 2. The molecule has 5 heterocycles. The Morgan fingerprint density at radius 3 is 2.73 bits per heavy atom. The molecular weight excluding hydrogens is 487 g/mol. The Morgan fingerprint density at radius 1 is 1.00 bits per heavy atom. The normalized spacial score (nSPS) is 11.4. The van der Waals surface area contributed by atoms with Crippen molar-refractivity contribution >= 4 is 44.7 Å². The highest BCUT2D eigenvalue weighted by Crippen LogP contribution is 2.36. The Bertz CT molecular complexity index is 1750. The summed E-state index contributed by atoms with van der Waals surface area (Å²) >= 11 is 1.08. The van der Waals surface area contributed by atoms with Crippen LogP contribution in [0, 0.1) is 5.13 Å². The SMILES string of the molecule is CCCCC(=O)Nc1cncc(-c2ccc3[nH]nc(-c4cc5c(-c6ccc(F)s6)nccc5[nH]4)c3c2)c1. The lowest BCUT2D eigenvalue weighted by atomic mass is 10.0. The van der Waals surface area contributed by atoms with Crippen molar-refractivity contribution < 1.29 is 9.18 Å². The maximum Gasteiger partial charge on any atom is 0.224 e. The molecule has 37 heavy (non-hydrogen) atoms. The monoisotopic (exact) mass is 510 g/mol. The number of hydrogen-bond donors (Lipinski definition) is 3. The number of thiophene rings is 1. The zero-order valence-corrected chi connectivity index (χ0v) is 20.8. The van der Waals surface area contributed by atoms with E-state index in [0.29, 0.717) is 12.1 Å². The van der Waals surface area contributed by atoms with E-state index >= 15 is 0 Å².